The van der Waals surface area contributed by atoms with E-state index in [4.69, 9.17) is 11.5 Å². The van der Waals surface area contributed by atoms with Gasteiger partial charge in [-0.3, -0.25) is 4.79 Å². The van der Waals surface area contributed by atoms with E-state index in [9.17, 15) is 4.79 Å². The highest BCUT2D eigenvalue weighted by Crippen LogP contribution is 2.19. The summed E-state index contributed by atoms with van der Waals surface area (Å²) in [5, 5.41) is 0. The standard InChI is InChI=1S/C9H11BrN2O/c1-5(10)9(13)7-4-6(11)2-3-8(7)12/h2-5H,11-12H2,1H3. The fourth-order valence-corrected chi connectivity index (χ4v) is 1.25. The quantitative estimate of drug-likeness (QED) is 0.473. The Balaban J connectivity index is 3.13. The van der Waals surface area contributed by atoms with Gasteiger partial charge in [-0.1, -0.05) is 15.9 Å². The zero-order chi connectivity index (χ0) is 10.0. The first-order valence-corrected chi connectivity index (χ1v) is 4.77. The molecule has 0 saturated heterocycles. The van der Waals surface area contributed by atoms with Gasteiger partial charge in [0.15, 0.2) is 5.78 Å². The van der Waals surface area contributed by atoms with Gasteiger partial charge in [-0.15, -0.1) is 0 Å². The molecule has 0 spiro atoms. The van der Waals surface area contributed by atoms with Gasteiger partial charge in [0.1, 0.15) is 0 Å². The summed E-state index contributed by atoms with van der Waals surface area (Å²) in [5.41, 5.74) is 12.7. The third-order valence-corrected chi connectivity index (χ3v) is 2.12. The molecule has 1 unspecified atom stereocenters. The number of nitrogens with two attached hydrogens (primary N) is 2. The summed E-state index contributed by atoms with van der Waals surface area (Å²) in [6.07, 6.45) is 0. The third kappa shape index (κ3) is 2.21. The zero-order valence-electron chi connectivity index (χ0n) is 7.25. The molecule has 1 aromatic carbocycles. The number of carbonyl (C=O) groups excluding carboxylic acids is 1. The van der Waals surface area contributed by atoms with Crippen molar-refractivity contribution in [2.45, 2.75) is 11.8 Å². The van der Waals surface area contributed by atoms with Gasteiger partial charge in [0.25, 0.3) is 0 Å². The average Bonchev–Trinajstić information content (AvgIpc) is 2.08. The molecule has 13 heavy (non-hydrogen) atoms. The van der Waals surface area contributed by atoms with Crippen molar-refractivity contribution in [2.75, 3.05) is 11.5 Å². The Morgan fingerprint density at radius 1 is 1.46 bits per heavy atom. The van der Waals surface area contributed by atoms with Crippen LogP contribution in [-0.4, -0.2) is 10.6 Å². The second kappa shape index (κ2) is 3.79. The van der Waals surface area contributed by atoms with Crippen LogP contribution in [0.4, 0.5) is 11.4 Å². The van der Waals surface area contributed by atoms with Crippen molar-refractivity contribution in [3.05, 3.63) is 23.8 Å². The number of Topliss-reactive ketones (excluding diaryl/α,β-unsaturated/α-hetero) is 1. The maximum absolute atomic E-state index is 11.5. The lowest BCUT2D eigenvalue weighted by Crippen LogP contribution is -2.12. The van der Waals surface area contributed by atoms with E-state index >= 15 is 0 Å². The predicted molar refractivity (Wildman–Crippen MR) is 58.0 cm³/mol. The van der Waals surface area contributed by atoms with Gasteiger partial charge in [0.05, 0.1) is 4.83 Å². The Bertz CT molecular complexity index is 336. The molecule has 0 aliphatic carbocycles. The number of nitrogen functional groups attached to an aromatic ring is 2. The Kier molecular flexibility index (Phi) is 2.93. The molecule has 0 aliphatic heterocycles. The Morgan fingerprint density at radius 3 is 2.62 bits per heavy atom. The second-order valence-corrected chi connectivity index (χ2v) is 4.20. The Hall–Kier alpha value is -1.03. The molecule has 4 N–H and O–H groups in total. The second-order valence-electron chi connectivity index (χ2n) is 2.83. The summed E-state index contributed by atoms with van der Waals surface area (Å²) in [6.45, 7) is 1.75. The number of halogens is 1. The summed E-state index contributed by atoms with van der Waals surface area (Å²) in [7, 11) is 0. The maximum Gasteiger partial charge on any atom is 0.178 e. The molecule has 1 atom stereocenters. The normalized spacial score (nSPS) is 12.5. The SMILES string of the molecule is CC(Br)C(=O)c1cc(N)ccc1N. The molecule has 0 saturated carbocycles. The monoisotopic (exact) mass is 242 g/mol. The van der Waals surface area contributed by atoms with Crippen LogP contribution in [0.5, 0.6) is 0 Å². The van der Waals surface area contributed by atoms with Crippen LogP contribution in [0.3, 0.4) is 0 Å². The molecule has 3 nitrogen and oxygen atoms in total. The van der Waals surface area contributed by atoms with E-state index in [0.29, 0.717) is 16.9 Å². The molecule has 0 amide bonds. The topological polar surface area (TPSA) is 69.1 Å². The minimum Gasteiger partial charge on any atom is -0.399 e. The summed E-state index contributed by atoms with van der Waals surface area (Å²) < 4.78 is 0. The Morgan fingerprint density at radius 2 is 2.08 bits per heavy atom. The molecule has 4 heteroatoms. The minimum absolute atomic E-state index is 0.0511. The van der Waals surface area contributed by atoms with Gasteiger partial charge in [-0.05, 0) is 25.1 Å². The first-order chi connectivity index (χ1) is 6.02. The number of benzene rings is 1. The summed E-state index contributed by atoms with van der Waals surface area (Å²) >= 11 is 3.19. The van der Waals surface area contributed by atoms with E-state index in [1.165, 1.54) is 0 Å². The van der Waals surface area contributed by atoms with Crippen LogP contribution >= 0.6 is 15.9 Å². The van der Waals surface area contributed by atoms with Crippen LogP contribution < -0.4 is 11.5 Å². The van der Waals surface area contributed by atoms with Crippen LogP contribution in [0.25, 0.3) is 0 Å². The van der Waals surface area contributed by atoms with Crippen molar-refractivity contribution < 1.29 is 4.79 Å². The number of ketones is 1. The van der Waals surface area contributed by atoms with Crippen LogP contribution in [0.1, 0.15) is 17.3 Å². The van der Waals surface area contributed by atoms with Crippen molar-refractivity contribution in [1.29, 1.82) is 0 Å². The Labute approximate surface area is 85.2 Å². The highest BCUT2D eigenvalue weighted by Gasteiger charge is 2.14. The van der Waals surface area contributed by atoms with E-state index in [2.05, 4.69) is 15.9 Å². The molecule has 0 heterocycles. The smallest absolute Gasteiger partial charge is 0.178 e. The average molecular weight is 243 g/mol. The molecule has 70 valence electrons. The molecule has 0 bridgehead atoms. The van der Waals surface area contributed by atoms with Crippen molar-refractivity contribution >= 4 is 33.1 Å². The molecular formula is C9H11BrN2O. The van der Waals surface area contributed by atoms with Crippen molar-refractivity contribution in [3.63, 3.8) is 0 Å². The number of rotatable bonds is 2. The predicted octanol–water partition coefficient (Wildman–Crippen LogP) is 1.82. The van der Waals surface area contributed by atoms with Crippen LogP contribution in [-0.2, 0) is 0 Å². The van der Waals surface area contributed by atoms with E-state index < -0.39 is 0 Å². The van der Waals surface area contributed by atoms with Crippen LogP contribution in [0.2, 0.25) is 0 Å². The number of hydrogen-bond acceptors (Lipinski definition) is 3. The largest absolute Gasteiger partial charge is 0.399 e. The highest BCUT2D eigenvalue weighted by molar-refractivity contribution is 9.10. The van der Waals surface area contributed by atoms with Crippen LogP contribution in [0, 0.1) is 0 Å². The lowest BCUT2D eigenvalue weighted by Gasteiger charge is -2.06. The van der Waals surface area contributed by atoms with Crippen molar-refractivity contribution in [3.8, 4) is 0 Å². The number of anilines is 2. The van der Waals surface area contributed by atoms with Crippen molar-refractivity contribution in [1.82, 2.24) is 0 Å². The molecule has 0 aliphatic rings. The van der Waals surface area contributed by atoms with E-state index in [0.717, 1.165) is 0 Å². The van der Waals surface area contributed by atoms with Gasteiger partial charge in [0.2, 0.25) is 0 Å². The number of carbonyl (C=O) groups is 1. The minimum atomic E-state index is -0.239. The van der Waals surface area contributed by atoms with Crippen molar-refractivity contribution in [2.24, 2.45) is 0 Å². The zero-order valence-corrected chi connectivity index (χ0v) is 8.84. The fourth-order valence-electron chi connectivity index (χ4n) is 1.00. The lowest BCUT2D eigenvalue weighted by atomic mass is 10.1. The molecule has 1 aromatic rings. The highest BCUT2D eigenvalue weighted by atomic mass is 79.9. The fraction of sp³-hybridized carbons (Fsp3) is 0.222. The summed E-state index contributed by atoms with van der Waals surface area (Å²) in [6, 6.07) is 4.90. The first-order valence-electron chi connectivity index (χ1n) is 3.85. The number of alkyl halides is 1. The summed E-state index contributed by atoms with van der Waals surface area (Å²) in [5.74, 6) is -0.0511. The molecular weight excluding hydrogens is 232 g/mol. The molecule has 1 rings (SSSR count). The van der Waals surface area contributed by atoms with E-state index in [1.807, 2.05) is 0 Å². The third-order valence-electron chi connectivity index (χ3n) is 1.70. The maximum atomic E-state index is 11.5. The lowest BCUT2D eigenvalue weighted by molar-refractivity contribution is 0.0996. The van der Waals surface area contributed by atoms with Gasteiger partial charge in [0, 0.05) is 16.9 Å². The van der Waals surface area contributed by atoms with Gasteiger partial charge in [-0.25, -0.2) is 0 Å². The van der Waals surface area contributed by atoms with E-state index in [-0.39, 0.29) is 10.6 Å². The molecule has 0 radical (unpaired) electrons. The molecule has 0 fully saturated rings. The number of hydrogen-bond donors (Lipinski definition) is 2. The summed E-state index contributed by atoms with van der Waals surface area (Å²) in [4.78, 5) is 11.3. The molecule has 0 aromatic heterocycles. The van der Waals surface area contributed by atoms with Gasteiger partial charge in [-0.2, -0.15) is 0 Å². The van der Waals surface area contributed by atoms with Crippen LogP contribution in [0.15, 0.2) is 18.2 Å². The van der Waals surface area contributed by atoms with E-state index in [1.54, 1.807) is 25.1 Å². The van der Waals surface area contributed by atoms with Gasteiger partial charge >= 0.3 is 0 Å². The van der Waals surface area contributed by atoms with Gasteiger partial charge < -0.3 is 11.5 Å². The first kappa shape index (κ1) is 10.1.